The molecule has 0 unspecified atom stereocenters. The summed E-state index contributed by atoms with van der Waals surface area (Å²) in [5.74, 6) is 0.789. The second-order valence-electron chi connectivity index (χ2n) is 4.64. The third-order valence-electron chi connectivity index (χ3n) is 3.19. The maximum atomic E-state index is 4.51. The summed E-state index contributed by atoms with van der Waals surface area (Å²) in [4.78, 5) is 10.0. The molecule has 2 aromatic rings. The first-order valence-corrected chi connectivity index (χ1v) is 7.39. The van der Waals surface area contributed by atoms with Crippen molar-refractivity contribution in [1.82, 2.24) is 20.2 Å². The van der Waals surface area contributed by atoms with Crippen LogP contribution in [0.1, 0.15) is 21.3 Å². The smallest absolute Gasteiger partial charge is 0.191 e. The van der Waals surface area contributed by atoms with Crippen molar-refractivity contribution in [1.29, 1.82) is 0 Å². The average Bonchev–Trinajstić information content (AvgIpc) is 2.97. The summed E-state index contributed by atoms with van der Waals surface area (Å²) in [6.45, 7) is 5.59. The zero-order chi connectivity index (χ0) is 14.5. The normalized spacial score (nSPS) is 11.7. The van der Waals surface area contributed by atoms with Gasteiger partial charge in [0.25, 0.3) is 0 Å². The van der Waals surface area contributed by atoms with Crippen LogP contribution in [0.5, 0.6) is 0 Å². The maximum absolute atomic E-state index is 4.51. The van der Waals surface area contributed by atoms with E-state index in [0.29, 0.717) is 6.54 Å². The number of thiazole rings is 1. The van der Waals surface area contributed by atoms with E-state index in [0.717, 1.165) is 23.2 Å². The zero-order valence-electron chi connectivity index (χ0n) is 12.4. The van der Waals surface area contributed by atoms with Gasteiger partial charge in [-0.25, -0.2) is 4.98 Å². The molecule has 0 spiro atoms. The first-order chi connectivity index (χ1) is 9.60. The molecule has 0 saturated heterocycles. The van der Waals surface area contributed by atoms with Crippen LogP contribution in [0, 0.1) is 13.8 Å². The zero-order valence-corrected chi connectivity index (χ0v) is 13.2. The average molecular weight is 291 g/mol. The minimum Gasteiger partial charge on any atom is -0.353 e. The number of nitrogens with one attached hydrogen (secondary N) is 2. The molecule has 0 aromatic carbocycles. The van der Waals surface area contributed by atoms with E-state index in [-0.39, 0.29) is 0 Å². The van der Waals surface area contributed by atoms with Crippen molar-refractivity contribution in [3.63, 3.8) is 0 Å². The highest BCUT2D eigenvalue weighted by Crippen LogP contribution is 2.15. The summed E-state index contributed by atoms with van der Waals surface area (Å²) < 4.78 is 2.09. The minimum atomic E-state index is 0.701. The molecular weight excluding hydrogens is 270 g/mol. The Morgan fingerprint density at radius 1 is 1.35 bits per heavy atom. The lowest BCUT2D eigenvalue weighted by Gasteiger charge is -2.11. The summed E-state index contributed by atoms with van der Waals surface area (Å²) >= 11 is 1.72. The van der Waals surface area contributed by atoms with Crippen LogP contribution in [0.15, 0.2) is 23.3 Å². The highest BCUT2D eigenvalue weighted by Gasteiger charge is 2.05. The Morgan fingerprint density at radius 3 is 2.65 bits per heavy atom. The monoisotopic (exact) mass is 291 g/mol. The standard InChI is InChI=1S/C14H21N5S/c1-10-11(2)20-13(18-10)9-17-14(15-3)16-8-12-6-5-7-19(12)4/h5-7H,8-9H2,1-4H3,(H2,15,16,17). The fraction of sp³-hybridized carbons (Fsp3) is 0.429. The predicted molar refractivity (Wildman–Crippen MR) is 84.0 cm³/mol. The molecule has 20 heavy (non-hydrogen) atoms. The highest BCUT2D eigenvalue weighted by atomic mass is 32.1. The van der Waals surface area contributed by atoms with E-state index in [9.17, 15) is 0 Å². The molecule has 0 amide bonds. The Kier molecular flexibility index (Phi) is 4.79. The van der Waals surface area contributed by atoms with Crippen LogP contribution < -0.4 is 10.6 Å². The summed E-state index contributed by atoms with van der Waals surface area (Å²) in [7, 11) is 3.81. The lowest BCUT2D eigenvalue weighted by Crippen LogP contribution is -2.36. The van der Waals surface area contributed by atoms with Gasteiger partial charge in [-0.1, -0.05) is 0 Å². The van der Waals surface area contributed by atoms with Crippen LogP contribution in [0.2, 0.25) is 0 Å². The predicted octanol–water partition coefficient (Wildman–Crippen LogP) is 1.96. The Balaban J connectivity index is 1.85. The molecule has 6 heteroatoms. The van der Waals surface area contributed by atoms with Gasteiger partial charge in [-0.15, -0.1) is 11.3 Å². The van der Waals surface area contributed by atoms with E-state index in [2.05, 4.69) is 38.2 Å². The van der Waals surface area contributed by atoms with Crippen molar-refractivity contribution in [3.05, 3.63) is 39.6 Å². The van der Waals surface area contributed by atoms with Gasteiger partial charge in [0.15, 0.2) is 5.96 Å². The second-order valence-corrected chi connectivity index (χ2v) is 5.93. The minimum absolute atomic E-state index is 0.701. The van der Waals surface area contributed by atoms with Crippen molar-refractivity contribution < 1.29 is 0 Å². The second kappa shape index (κ2) is 6.56. The number of hydrogen-bond acceptors (Lipinski definition) is 3. The van der Waals surface area contributed by atoms with E-state index >= 15 is 0 Å². The molecule has 2 N–H and O–H groups in total. The molecule has 0 atom stereocenters. The largest absolute Gasteiger partial charge is 0.353 e. The quantitative estimate of drug-likeness (QED) is 0.669. The van der Waals surface area contributed by atoms with Crippen LogP contribution >= 0.6 is 11.3 Å². The summed E-state index contributed by atoms with van der Waals surface area (Å²) in [6, 6.07) is 4.13. The van der Waals surface area contributed by atoms with E-state index < -0.39 is 0 Å². The summed E-state index contributed by atoms with van der Waals surface area (Å²) in [5, 5.41) is 7.67. The molecule has 108 valence electrons. The molecule has 0 bridgehead atoms. The van der Waals surface area contributed by atoms with E-state index in [1.807, 2.05) is 26.2 Å². The number of aromatic nitrogens is 2. The van der Waals surface area contributed by atoms with E-state index in [1.165, 1.54) is 10.6 Å². The third-order valence-corrected chi connectivity index (χ3v) is 4.26. The molecule has 0 radical (unpaired) electrons. The van der Waals surface area contributed by atoms with Crippen LogP contribution in [-0.2, 0) is 20.1 Å². The summed E-state index contributed by atoms with van der Waals surface area (Å²) in [5.41, 5.74) is 2.33. The maximum Gasteiger partial charge on any atom is 0.191 e. The fourth-order valence-electron chi connectivity index (χ4n) is 1.85. The Hall–Kier alpha value is -1.82. The van der Waals surface area contributed by atoms with Crippen LogP contribution in [0.3, 0.4) is 0 Å². The number of rotatable bonds is 4. The molecule has 0 aliphatic carbocycles. The van der Waals surface area contributed by atoms with Gasteiger partial charge in [0.05, 0.1) is 18.8 Å². The van der Waals surface area contributed by atoms with Crippen molar-refractivity contribution in [2.45, 2.75) is 26.9 Å². The van der Waals surface area contributed by atoms with Gasteiger partial charge in [-0.05, 0) is 26.0 Å². The number of hydrogen-bond donors (Lipinski definition) is 2. The lowest BCUT2D eigenvalue weighted by atomic mass is 10.4. The van der Waals surface area contributed by atoms with Gasteiger partial charge < -0.3 is 15.2 Å². The molecule has 0 saturated carbocycles. The molecule has 0 aliphatic heterocycles. The van der Waals surface area contributed by atoms with Gasteiger partial charge in [0.2, 0.25) is 0 Å². The number of guanidine groups is 1. The number of aliphatic imine (C=N–C) groups is 1. The first-order valence-electron chi connectivity index (χ1n) is 6.57. The molecular formula is C14H21N5S. The van der Waals surface area contributed by atoms with Gasteiger partial charge in [0.1, 0.15) is 5.01 Å². The molecule has 0 aliphatic rings. The molecule has 2 aromatic heterocycles. The SMILES string of the molecule is CN=C(NCc1nc(C)c(C)s1)NCc1cccn1C. The Morgan fingerprint density at radius 2 is 2.10 bits per heavy atom. The fourth-order valence-corrected chi connectivity index (χ4v) is 2.72. The summed E-state index contributed by atoms with van der Waals surface area (Å²) in [6.07, 6.45) is 2.04. The Bertz CT molecular complexity index is 577. The Labute approximate surface area is 123 Å². The first kappa shape index (κ1) is 14.6. The van der Waals surface area contributed by atoms with E-state index in [4.69, 9.17) is 0 Å². The molecule has 5 nitrogen and oxygen atoms in total. The van der Waals surface area contributed by atoms with Crippen LogP contribution in [-0.4, -0.2) is 22.6 Å². The van der Waals surface area contributed by atoms with Crippen LogP contribution in [0.4, 0.5) is 0 Å². The molecule has 2 rings (SSSR count). The number of aryl methyl sites for hydroxylation is 3. The van der Waals surface area contributed by atoms with Gasteiger partial charge in [0, 0.05) is 30.9 Å². The third kappa shape index (κ3) is 3.60. The highest BCUT2D eigenvalue weighted by molar-refractivity contribution is 7.11. The van der Waals surface area contributed by atoms with Gasteiger partial charge in [-0.2, -0.15) is 0 Å². The number of nitrogens with zero attached hydrogens (tertiary/aromatic N) is 3. The van der Waals surface area contributed by atoms with Crippen molar-refractivity contribution in [3.8, 4) is 0 Å². The van der Waals surface area contributed by atoms with Crippen molar-refractivity contribution in [2.75, 3.05) is 7.05 Å². The molecule has 2 heterocycles. The van der Waals surface area contributed by atoms with Crippen molar-refractivity contribution >= 4 is 17.3 Å². The topological polar surface area (TPSA) is 54.2 Å². The molecule has 0 fully saturated rings. The van der Waals surface area contributed by atoms with Gasteiger partial charge in [-0.3, -0.25) is 4.99 Å². The van der Waals surface area contributed by atoms with Crippen molar-refractivity contribution in [2.24, 2.45) is 12.0 Å². The van der Waals surface area contributed by atoms with E-state index in [1.54, 1.807) is 18.4 Å². The van der Waals surface area contributed by atoms with Crippen LogP contribution in [0.25, 0.3) is 0 Å². The lowest BCUT2D eigenvalue weighted by molar-refractivity contribution is 0.748. The van der Waals surface area contributed by atoms with Gasteiger partial charge >= 0.3 is 0 Å².